The van der Waals surface area contributed by atoms with Crippen molar-refractivity contribution < 1.29 is 50.9 Å². The molecule has 1 fully saturated rings. The molecule has 1 saturated heterocycles. The maximum absolute atomic E-state index is 13.1. The second-order valence-electron chi connectivity index (χ2n) is 9.13. The van der Waals surface area contributed by atoms with Crippen molar-refractivity contribution in [3.05, 3.63) is 89.0 Å². The van der Waals surface area contributed by atoms with E-state index in [1.807, 2.05) is 28.9 Å². The number of carboxylic acid groups (broad SMARTS) is 2. The summed E-state index contributed by atoms with van der Waals surface area (Å²) in [5.74, 6) is -4.22. The molecule has 0 radical (unpaired) electrons. The highest BCUT2D eigenvalue weighted by Crippen LogP contribution is 2.32. The maximum Gasteiger partial charge on any atom is 0.490 e. The largest absolute Gasteiger partial charge is 0.490 e. The van der Waals surface area contributed by atoms with Gasteiger partial charge in [-0.15, -0.1) is 0 Å². The van der Waals surface area contributed by atoms with Crippen molar-refractivity contribution >= 4 is 34.9 Å². The lowest BCUT2D eigenvalue weighted by Gasteiger charge is -2.38. The molecule has 8 nitrogen and oxygen atoms in total. The number of hydrogen-bond acceptors (Lipinski definition) is 5. The van der Waals surface area contributed by atoms with Gasteiger partial charge in [-0.2, -0.15) is 26.3 Å². The molecule has 1 aliphatic rings. The molecule has 14 heteroatoms. The Morgan fingerprint density at radius 2 is 1.36 bits per heavy atom. The van der Waals surface area contributed by atoms with Crippen LogP contribution in [-0.4, -0.2) is 60.4 Å². The first kappa shape index (κ1) is 31.8. The van der Waals surface area contributed by atoms with E-state index < -0.39 is 29.9 Å². The minimum Gasteiger partial charge on any atom is -0.478 e. The van der Waals surface area contributed by atoms with Crippen LogP contribution in [0.25, 0.3) is 0 Å². The molecular formula is C28H25F6N3O5. The number of carboxylic acids is 2. The fourth-order valence-corrected chi connectivity index (χ4v) is 4.17. The predicted octanol–water partition coefficient (Wildman–Crippen LogP) is 5.92. The van der Waals surface area contributed by atoms with Crippen molar-refractivity contribution in [3.63, 3.8) is 0 Å². The summed E-state index contributed by atoms with van der Waals surface area (Å²) in [5.41, 5.74) is 1.98. The van der Waals surface area contributed by atoms with Gasteiger partial charge in [0.05, 0.1) is 16.8 Å². The number of alkyl halides is 6. The van der Waals surface area contributed by atoms with Crippen LogP contribution in [0, 0.1) is 6.92 Å². The maximum atomic E-state index is 13.1. The zero-order valence-corrected chi connectivity index (χ0v) is 22.0. The fourth-order valence-electron chi connectivity index (χ4n) is 4.17. The van der Waals surface area contributed by atoms with Gasteiger partial charge in [-0.3, -0.25) is 4.79 Å². The first-order chi connectivity index (χ1) is 19.6. The SMILES string of the molecule is Cc1ccccc1C(=O)Nc1ccc(N2CCN(c3cccc(C(F)(F)F)c3)CC2)c(C(=O)O)c1.O=C(O)C(F)(F)F. The Morgan fingerprint density at radius 3 is 1.90 bits per heavy atom. The molecule has 224 valence electrons. The summed E-state index contributed by atoms with van der Waals surface area (Å²) in [7, 11) is 0. The molecular weight excluding hydrogens is 572 g/mol. The average molecular weight is 598 g/mol. The van der Waals surface area contributed by atoms with Crippen LogP contribution in [0.1, 0.15) is 31.8 Å². The van der Waals surface area contributed by atoms with Crippen LogP contribution in [0.5, 0.6) is 0 Å². The summed E-state index contributed by atoms with van der Waals surface area (Å²) < 4.78 is 70.9. The monoisotopic (exact) mass is 597 g/mol. The number of amides is 1. The average Bonchev–Trinajstić information content (AvgIpc) is 2.93. The van der Waals surface area contributed by atoms with Gasteiger partial charge in [0.25, 0.3) is 5.91 Å². The summed E-state index contributed by atoms with van der Waals surface area (Å²) >= 11 is 0. The van der Waals surface area contributed by atoms with Crippen molar-refractivity contribution in [2.45, 2.75) is 19.3 Å². The number of carbonyl (C=O) groups excluding carboxylic acids is 1. The van der Waals surface area contributed by atoms with E-state index >= 15 is 0 Å². The van der Waals surface area contributed by atoms with Crippen LogP contribution in [0.3, 0.4) is 0 Å². The Bertz CT molecular complexity index is 1450. The van der Waals surface area contributed by atoms with Crippen LogP contribution in [-0.2, 0) is 11.0 Å². The van der Waals surface area contributed by atoms with Gasteiger partial charge in [0.1, 0.15) is 0 Å². The Labute approximate surface area is 235 Å². The molecule has 1 aliphatic heterocycles. The van der Waals surface area contributed by atoms with E-state index in [1.54, 1.807) is 30.3 Å². The van der Waals surface area contributed by atoms with Gasteiger partial charge in [-0.1, -0.05) is 24.3 Å². The van der Waals surface area contributed by atoms with Crippen molar-refractivity contribution in [2.24, 2.45) is 0 Å². The second-order valence-corrected chi connectivity index (χ2v) is 9.13. The Kier molecular flexibility index (Phi) is 9.71. The van der Waals surface area contributed by atoms with Gasteiger partial charge in [0.2, 0.25) is 0 Å². The normalized spacial score (nSPS) is 13.6. The van der Waals surface area contributed by atoms with E-state index in [9.17, 15) is 41.0 Å². The van der Waals surface area contributed by atoms with Crippen molar-refractivity contribution in [1.82, 2.24) is 0 Å². The molecule has 3 N–H and O–H groups in total. The van der Waals surface area contributed by atoms with Gasteiger partial charge in [-0.25, -0.2) is 9.59 Å². The van der Waals surface area contributed by atoms with Gasteiger partial charge < -0.3 is 25.3 Å². The van der Waals surface area contributed by atoms with E-state index in [0.717, 1.165) is 17.7 Å². The van der Waals surface area contributed by atoms with E-state index in [4.69, 9.17) is 9.90 Å². The highest BCUT2D eigenvalue weighted by Gasteiger charge is 2.38. The molecule has 0 spiro atoms. The number of benzene rings is 3. The highest BCUT2D eigenvalue weighted by atomic mass is 19.4. The molecule has 0 atom stereocenters. The lowest BCUT2D eigenvalue weighted by Crippen LogP contribution is -2.47. The van der Waals surface area contributed by atoms with Crippen molar-refractivity contribution in [1.29, 1.82) is 0 Å². The summed E-state index contributed by atoms with van der Waals surface area (Å²) in [6.07, 6.45) is -9.50. The third-order valence-corrected chi connectivity index (χ3v) is 6.28. The smallest absolute Gasteiger partial charge is 0.478 e. The molecule has 0 unspecified atom stereocenters. The van der Waals surface area contributed by atoms with Crippen LogP contribution >= 0.6 is 0 Å². The minimum absolute atomic E-state index is 0.0418. The molecule has 0 saturated carbocycles. The number of piperazine rings is 1. The topological polar surface area (TPSA) is 110 Å². The Balaban J connectivity index is 0.000000616. The molecule has 1 amide bonds. The Morgan fingerprint density at radius 1 is 0.762 bits per heavy atom. The number of hydrogen-bond donors (Lipinski definition) is 3. The lowest BCUT2D eigenvalue weighted by atomic mass is 10.1. The quantitative estimate of drug-likeness (QED) is 0.313. The van der Waals surface area contributed by atoms with E-state index in [1.165, 1.54) is 12.1 Å². The number of nitrogens with one attached hydrogen (secondary N) is 1. The molecule has 3 aromatic rings. The third kappa shape index (κ3) is 8.15. The highest BCUT2D eigenvalue weighted by molar-refractivity contribution is 6.06. The van der Waals surface area contributed by atoms with E-state index in [2.05, 4.69) is 5.32 Å². The zero-order valence-electron chi connectivity index (χ0n) is 22.0. The van der Waals surface area contributed by atoms with Crippen LogP contribution in [0.4, 0.5) is 43.4 Å². The van der Waals surface area contributed by atoms with Crippen LogP contribution in [0.15, 0.2) is 66.7 Å². The second kappa shape index (κ2) is 12.8. The lowest BCUT2D eigenvalue weighted by molar-refractivity contribution is -0.192. The number of aliphatic carboxylic acids is 1. The van der Waals surface area contributed by atoms with Crippen molar-refractivity contribution in [2.75, 3.05) is 41.3 Å². The molecule has 4 rings (SSSR count). The summed E-state index contributed by atoms with van der Waals surface area (Å²) in [4.78, 5) is 37.2. The third-order valence-electron chi connectivity index (χ3n) is 6.28. The van der Waals surface area contributed by atoms with Gasteiger partial charge >= 0.3 is 24.3 Å². The summed E-state index contributed by atoms with van der Waals surface area (Å²) in [5, 5.41) is 19.7. The zero-order chi connectivity index (χ0) is 31.2. The first-order valence-corrected chi connectivity index (χ1v) is 12.3. The van der Waals surface area contributed by atoms with E-state index in [0.29, 0.717) is 48.8 Å². The molecule has 0 aromatic heterocycles. The predicted molar refractivity (Wildman–Crippen MR) is 142 cm³/mol. The number of halogens is 6. The number of carbonyl (C=O) groups is 3. The molecule has 42 heavy (non-hydrogen) atoms. The number of rotatable bonds is 5. The minimum atomic E-state index is -5.08. The number of anilines is 3. The van der Waals surface area contributed by atoms with Gasteiger partial charge in [-0.05, 0) is 55.0 Å². The number of aryl methyl sites for hydroxylation is 1. The van der Waals surface area contributed by atoms with Crippen LogP contribution in [0.2, 0.25) is 0 Å². The summed E-state index contributed by atoms with van der Waals surface area (Å²) in [6.45, 7) is 3.56. The van der Waals surface area contributed by atoms with Crippen LogP contribution < -0.4 is 15.1 Å². The number of aromatic carboxylic acids is 1. The van der Waals surface area contributed by atoms with Crippen molar-refractivity contribution in [3.8, 4) is 0 Å². The fraction of sp³-hybridized carbons (Fsp3) is 0.250. The number of nitrogens with zero attached hydrogens (tertiary/aromatic N) is 2. The molecule has 1 heterocycles. The van der Waals surface area contributed by atoms with Gasteiger partial charge in [0, 0.05) is 43.1 Å². The van der Waals surface area contributed by atoms with E-state index in [-0.39, 0.29) is 11.5 Å². The van der Waals surface area contributed by atoms with Gasteiger partial charge in [0.15, 0.2) is 0 Å². The molecule has 0 aliphatic carbocycles. The molecule has 3 aromatic carbocycles. The summed E-state index contributed by atoms with van der Waals surface area (Å²) in [6, 6.07) is 17.0. The first-order valence-electron chi connectivity index (χ1n) is 12.3. The standard InChI is InChI=1S/C26H24F3N3O3.C2HF3O2/c1-17-5-2-3-8-21(17)24(33)30-19-9-10-23(22(16-19)25(34)35)32-13-11-31(12-14-32)20-7-4-6-18(15-20)26(27,28)29;3-2(4,5)1(6)7/h2-10,15-16H,11-14H2,1H3,(H,30,33)(H,34,35);(H,6,7). The molecule has 0 bridgehead atoms. The Hall–Kier alpha value is -4.75.